The molecule has 0 spiro atoms. The van der Waals surface area contributed by atoms with Crippen molar-refractivity contribution in [1.29, 1.82) is 0 Å². The molecular weight excluding hydrogens is 308 g/mol. The second kappa shape index (κ2) is 7.79. The predicted molar refractivity (Wildman–Crippen MR) is 104 cm³/mol. The van der Waals surface area contributed by atoms with E-state index in [1.54, 1.807) is 0 Å². The third-order valence-corrected chi connectivity index (χ3v) is 4.09. The zero-order chi connectivity index (χ0) is 17.6. The van der Waals surface area contributed by atoms with Gasteiger partial charge in [-0.05, 0) is 37.5 Å². The maximum absolute atomic E-state index is 4.51. The van der Waals surface area contributed by atoms with Crippen LogP contribution < -0.4 is 10.6 Å². The van der Waals surface area contributed by atoms with E-state index in [4.69, 9.17) is 0 Å². The average Bonchev–Trinajstić information content (AvgIpc) is 2.61. The molecule has 0 aliphatic heterocycles. The molecule has 25 heavy (non-hydrogen) atoms. The SMILES string of the molecule is CCc1ccccc1Nc1cc(NCc2ccc(C)cc2)nc(C)n1. The summed E-state index contributed by atoms with van der Waals surface area (Å²) < 4.78 is 0. The van der Waals surface area contributed by atoms with Crippen LogP contribution in [0, 0.1) is 13.8 Å². The number of nitrogens with one attached hydrogen (secondary N) is 2. The summed E-state index contributed by atoms with van der Waals surface area (Å²) in [4.78, 5) is 9.00. The summed E-state index contributed by atoms with van der Waals surface area (Å²) in [7, 11) is 0. The van der Waals surface area contributed by atoms with Gasteiger partial charge < -0.3 is 10.6 Å². The molecule has 1 heterocycles. The van der Waals surface area contributed by atoms with Crippen LogP contribution in [0.25, 0.3) is 0 Å². The van der Waals surface area contributed by atoms with Crippen molar-refractivity contribution in [2.24, 2.45) is 0 Å². The van der Waals surface area contributed by atoms with Crippen LogP contribution in [0.1, 0.15) is 29.4 Å². The Morgan fingerprint density at radius 1 is 0.880 bits per heavy atom. The lowest BCUT2D eigenvalue weighted by atomic mass is 10.1. The summed E-state index contributed by atoms with van der Waals surface area (Å²) in [6.07, 6.45) is 0.978. The van der Waals surface area contributed by atoms with Crippen LogP contribution in [0.3, 0.4) is 0 Å². The van der Waals surface area contributed by atoms with Crippen LogP contribution in [-0.4, -0.2) is 9.97 Å². The first kappa shape index (κ1) is 17.0. The first-order chi connectivity index (χ1) is 12.1. The number of benzene rings is 2. The lowest BCUT2D eigenvalue weighted by molar-refractivity contribution is 1.02. The maximum atomic E-state index is 4.51. The molecule has 128 valence electrons. The summed E-state index contributed by atoms with van der Waals surface area (Å²) in [5.41, 5.74) is 4.86. The van der Waals surface area contributed by atoms with Gasteiger partial charge in [0, 0.05) is 18.3 Å². The van der Waals surface area contributed by atoms with E-state index < -0.39 is 0 Å². The molecule has 4 heteroatoms. The monoisotopic (exact) mass is 332 g/mol. The van der Waals surface area contributed by atoms with Crippen molar-refractivity contribution in [3.8, 4) is 0 Å². The van der Waals surface area contributed by atoms with Crippen LogP contribution in [0.4, 0.5) is 17.3 Å². The second-order valence-electron chi connectivity index (χ2n) is 6.16. The topological polar surface area (TPSA) is 49.8 Å². The molecule has 0 atom stereocenters. The predicted octanol–water partition coefficient (Wildman–Crippen LogP) is 5.01. The first-order valence-corrected chi connectivity index (χ1v) is 8.64. The molecule has 3 aromatic rings. The largest absolute Gasteiger partial charge is 0.366 e. The number of aryl methyl sites for hydroxylation is 3. The Labute approximate surface area is 149 Å². The van der Waals surface area contributed by atoms with Gasteiger partial charge in [0.05, 0.1) is 0 Å². The molecule has 0 radical (unpaired) electrons. The maximum Gasteiger partial charge on any atom is 0.136 e. The smallest absolute Gasteiger partial charge is 0.136 e. The molecule has 1 aromatic heterocycles. The van der Waals surface area contributed by atoms with Crippen LogP contribution in [-0.2, 0) is 13.0 Å². The standard InChI is InChI=1S/C21H24N4/c1-4-18-7-5-6-8-19(18)25-21-13-20(23-16(3)24-21)22-14-17-11-9-15(2)10-12-17/h5-13H,4,14H2,1-3H3,(H2,22,23,24,25). The molecule has 0 saturated carbocycles. The van der Waals surface area contributed by atoms with Crippen molar-refractivity contribution < 1.29 is 0 Å². The average molecular weight is 332 g/mol. The van der Waals surface area contributed by atoms with Crippen molar-refractivity contribution in [3.05, 3.63) is 77.1 Å². The van der Waals surface area contributed by atoms with Gasteiger partial charge in [0.25, 0.3) is 0 Å². The fourth-order valence-electron chi connectivity index (χ4n) is 2.71. The van der Waals surface area contributed by atoms with E-state index in [-0.39, 0.29) is 0 Å². The number of para-hydroxylation sites is 1. The Morgan fingerprint density at radius 3 is 2.36 bits per heavy atom. The van der Waals surface area contributed by atoms with Crippen molar-refractivity contribution in [2.45, 2.75) is 33.7 Å². The number of hydrogen-bond donors (Lipinski definition) is 2. The van der Waals surface area contributed by atoms with Gasteiger partial charge in [-0.25, -0.2) is 9.97 Å². The molecule has 4 nitrogen and oxygen atoms in total. The van der Waals surface area contributed by atoms with Gasteiger partial charge in [-0.2, -0.15) is 0 Å². The zero-order valence-corrected chi connectivity index (χ0v) is 15.0. The highest BCUT2D eigenvalue weighted by Gasteiger charge is 2.05. The number of nitrogens with zero attached hydrogens (tertiary/aromatic N) is 2. The Balaban J connectivity index is 1.75. The molecule has 0 aliphatic carbocycles. The second-order valence-corrected chi connectivity index (χ2v) is 6.16. The minimum atomic E-state index is 0.738. The molecule has 3 rings (SSSR count). The third kappa shape index (κ3) is 4.57. The number of anilines is 3. The van der Waals surface area contributed by atoms with Crippen molar-refractivity contribution in [3.63, 3.8) is 0 Å². The summed E-state index contributed by atoms with van der Waals surface area (Å²) in [6, 6.07) is 18.8. The van der Waals surface area contributed by atoms with Gasteiger partial charge in [-0.3, -0.25) is 0 Å². The van der Waals surface area contributed by atoms with E-state index in [0.29, 0.717) is 0 Å². The van der Waals surface area contributed by atoms with E-state index in [1.807, 2.05) is 19.1 Å². The summed E-state index contributed by atoms with van der Waals surface area (Å²) in [6.45, 7) is 6.90. The van der Waals surface area contributed by atoms with Crippen LogP contribution in [0.15, 0.2) is 54.6 Å². The van der Waals surface area contributed by atoms with Crippen LogP contribution in [0.5, 0.6) is 0 Å². The highest BCUT2D eigenvalue weighted by molar-refractivity contribution is 5.62. The lowest BCUT2D eigenvalue weighted by Gasteiger charge is -2.12. The zero-order valence-electron chi connectivity index (χ0n) is 15.0. The first-order valence-electron chi connectivity index (χ1n) is 8.64. The van der Waals surface area contributed by atoms with Crippen molar-refractivity contribution >= 4 is 17.3 Å². The van der Waals surface area contributed by atoms with Gasteiger partial charge in [-0.1, -0.05) is 55.0 Å². The van der Waals surface area contributed by atoms with Gasteiger partial charge in [0.1, 0.15) is 17.5 Å². The number of rotatable bonds is 6. The number of aromatic nitrogens is 2. The molecule has 0 bridgehead atoms. The van der Waals surface area contributed by atoms with E-state index in [0.717, 1.165) is 36.1 Å². The minimum Gasteiger partial charge on any atom is -0.366 e. The molecular formula is C21H24N4. The molecule has 2 N–H and O–H groups in total. The lowest BCUT2D eigenvalue weighted by Crippen LogP contribution is -2.05. The molecule has 0 amide bonds. The van der Waals surface area contributed by atoms with E-state index in [2.05, 4.69) is 76.9 Å². The van der Waals surface area contributed by atoms with Gasteiger partial charge in [0.2, 0.25) is 0 Å². The van der Waals surface area contributed by atoms with Gasteiger partial charge in [-0.15, -0.1) is 0 Å². The quantitative estimate of drug-likeness (QED) is 0.666. The normalized spacial score (nSPS) is 10.5. The highest BCUT2D eigenvalue weighted by Crippen LogP contribution is 2.21. The number of hydrogen-bond acceptors (Lipinski definition) is 4. The van der Waals surface area contributed by atoms with Gasteiger partial charge >= 0.3 is 0 Å². The highest BCUT2D eigenvalue weighted by atomic mass is 15.1. The minimum absolute atomic E-state index is 0.738. The molecule has 0 saturated heterocycles. The van der Waals surface area contributed by atoms with Crippen molar-refractivity contribution in [2.75, 3.05) is 10.6 Å². The van der Waals surface area contributed by atoms with Crippen molar-refractivity contribution in [1.82, 2.24) is 9.97 Å². The Kier molecular flexibility index (Phi) is 5.29. The fourth-order valence-corrected chi connectivity index (χ4v) is 2.71. The Hall–Kier alpha value is -2.88. The molecule has 2 aromatic carbocycles. The fraction of sp³-hybridized carbons (Fsp3) is 0.238. The molecule has 0 fully saturated rings. The Bertz CT molecular complexity index is 841. The molecule has 0 aliphatic rings. The van der Waals surface area contributed by atoms with Gasteiger partial charge in [0.15, 0.2) is 0 Å². The summed E-state index contributed by atoms with van der Waals surface area (Å²) in [5, 5.41) is 6.80. The van der Waals surface area contributed by atoms with Crippen LogP contribution in [0.2, 0.25) is 0 Å². The van der Waals surface area contributed by atoms with E-state index in [9.17, 15) is 0 Å². The van der Waals surface area contributed by atoms with E-state index >= 15 is 0 Å². The van der Waals surface area contributed by atoms with E-state index in [1.165, 1.54) is 16.7 Å². The van der Waals surface area contributed by atoms with Crippen LogP contribution >= 0.6 is 0 Å². The summed E-state index contributed by atoms with van der Waals surface area (Å²) >= 11 is 0. The Morgan fingerprint density at radius 2 is 1.60 bits per heavy atom. The third-order valence-electron chi connectivity index (χ3n) is 4.09. The molecule has 0 unspecified atom stereocenters. The summed E-state index contributed by atoms with van der Waals surface area (Å²) in [5.74, 6) is 2.37.